The standard InChI is InChI=1S/C31H35FN4O2/c1-21(2)24-12-10-23(11-13-24)20-29(37)35(19-18-34(4)5)22(3)30-33-28-9-7-6-8-27(28)31(38)36(30)26-16-14-25(32)15-17-26/h6-17,21-22H,18-20H2,1-5H3. The Labute approximate surface area is 223 Å². The quantitative estimate of drug-likeness (QED) is 0.303. The van der Waals surface area contributed by atoms with Gasteiger partial charge in [0.05, 0.1) is 29.1 Å². The summed E-state index contributed by atoms with van der Waals surface area (Å²) in [5, 5.41) is 0.462. The molecule has 0 aliphatic carbocycles. The van der Waals surface area contributed by atoms with Crippen LogP contribution in [0.15, 0.2) is 77.6 Å². The normalized spacial score (nSPS) is 12.3. The summed E-state index contributed by atoms with van der Waals surface area (Å²) in [5.74, 6) is 0.405. The second kappa shape index (κ2) is 11.7. The molecule has 4 rings (SSSR count). The first kappa shape index (κ1) is 27.2. The summed E-state index contributed by atoms with van der Waals surface area (Å²) >= 11 is 0. The van der Waals surface area contributed by atoms with E-state index in [1.807, 2.05) is 44.1 Å². The van der Waals surface area contributed by atoms with Crippen LogP contribution < -0.4 is 5.56 Å². The van der Waals surface area contributed by atoms with Gasteiger partial charge in [-0.05, 0) is 74.5 Å². The molecule has 0 radical (unpaired) electrons. The number of aromatic nitrogens is 2. The Bertz CT molecular complexity index is 1460. The molecule has 38 heavy (non-hydrogen) atoms. The molecule has 0 saturated carbocycles. The van der Waals surface area contributed by atoms with E-state index in [2.05, 4.69) is 26.0 Å². The number of hydrogen-bond acceptors (Lipinski definition) is 4. The van der Waals surface area contributed by atoms with Crippen LogP contribution in [0.5, 0.6) is 0 Å². The maximum absolute atomic E-state index is 13.7. The van der Waals surface area contributed by atoms with Crippen molar-refractivity contribution in [3.8, 4) is 5.69 Å². The third-order valence-electron chi connectivity index (χ3n) is 6.84. The summed E-state index contributed by atoms with van der Waals surface area (Å²) in [7, 11) is 3.92. The van der Waals surface area contributed by atoms with Crippen molar-refractivity contribution in [2.45, 2.75) is 39.2 Å². The Morgan fingerprint density at radius 1 is 0.921 bits per heavy atom. The topological polar surface area (TPSA) is 58.4 Å². The molecule has 198 valence electrons. The molecule has 3 aromatic carbocycles. The van der Waals surface area contributed by atoms with Gasteiger partial charge >= 0.3 is 0 Å². The van der Waals surface area contributed by atoms with Crippen LogP contribution in [0.2, 0.25) is 0 Å². The van der Waals surface area contributed by atoms with E-state index in [0.717, 1.165) is 5.56 Å². The van der Waals surface area contributed by atoms with E-state index in [9.17, 15) is 14.0 Å². The van der Waals surface area contributed by atoms with E-state index in [0.29, 0.717) is 41.4 Å². The molecule has 1 atom stereocenters. The highest BCUT2D eigenvalue weighted by molar-refractivity contribution is 5.80. The smallest absolute Gasteiger partial charge is 0.266 e. The van der Waals surface area contributed by atoms with Gasteiger partial charge in [0.25, 0.3) is 5.56 Å². The molecule has 6 nitrogen and oxygen atoms in total. The number of fused-ring (bicyclic) bond motifs is 1. The van der Waals surface area contributed by atoms with Crippen LogP contribution in [-0.2, 0) is 11.2 Å². The molecular formula is C31H35FN4O2. The number of para-hydroxylation sites is 1. The van der Waals surface area contributed by atoms with Crippen LogP contribution in [0.3, 0.4) is 0 Å². The van der Waals surface area contributed by atoms with Gasteiger partial charge < -0.3 is 9.80 Å². The first-order valence-electron chi connectivity index (χ1n) is 13.0. The number of carbonyl (C=O) groups excluding carboxylic acids is 1. The van der Waals surface area contributed by atoms with Crippen LogP contribution in [0.1, 0.15) is 49.7 Å². The fraction of sp³-hybridized carbons (Fsp3) is 0.323. The molecule has 0 spiro atoms. The fourth-order valence-electron chi connectivity index (χ4n) is 4.55. The molecule has 1 aromatic heterocycles. The van der Waals surface area contributed by atoms with Crippen molar-refractivity contribution in [1.82, 2.24) is 19.4 Å². The lowest BCUT2D eigenvalue weighted by atomic mass is 10.0. The number of rotatable bonds is 9. The van der Waals surface area contributed by atoms with Crippen LogP contribution in [0.4, 0.5) is 4.39 Å². The fourth-order valence-corrected chi connectivity index (χ4v) is 4.55. The van der Waals surface area contributed by atoms with Crippen LogP contribution in [0.25, 0.3) is 16.6 Å². The zero-order valence-corrected chi connectivity index (χ0v) is 22.7. The zero-order chi connectivity index (χ0) is 27.4. The van der Waals surface area contributed by atoms with Gasteiger partial charge in [-0.2, -0.15) is 0 Å². The van der Waals surface area contributed by atoms with E-state index in [1.165, 1.54) is 22.3 Å². The molecule has 1 heterocycles. The van der Waals surface area contributed by atoms with Gasteiger partial charge in [-0.25, -0.2) is 9.37 Å². The number of halogens is 1. The molecule has 0 aliphatic heterocycles. The SMILES string of the molecule is CC(C)c1ccc(CC(=O)N(CCN(C)C)C(C)c2nc3ccccc3c(=O)n2-c2ccc(F)cc2)cc1. The van der Waals surface area contributed by atoms with Crippen LogP contribution in [0, 0.1) is 5.82 Å². The lowest BCUT2D eigenvalue weighted by molar-refractivity contribution is -0.133. The lowest BCUT2D eigenvalue weighted by Crippen LogP contribution is -2.41. The maximum atomic E-state index is 13.7. The monoisotopic (exact) mass is 514 g/mol. The molecule has 7 heteroatoms. The zero-order valence-electron chi connectivity index (χ0n) is 22.7. The van der Waals surface area contributed by atoms with E-state index in [1.54, 1.807) is 35.2 Å². The Balaban J connectivity index is 1.78. The molecule has 0 N–H and O–H groups in total. The van der Waals surface area contributed by atoms with Crippen molar-refractivity contribution in [1.29, 1.82) is 0 Å². The van der Waals surface area contributed by atoms with Gasteiger partial charge in [-0.1, -0.05) is 50.2 Å². The van der Waals surface area contributed by atoms with Gasteiger partial charge in [0.2, 0.25) is 5.91 Å². The number of amides is 1. The molecule has 1 amide bonds. The minimum Gasteiger partial charge on any atom is -0.331 e. The van der Waals surface area contributed by atoms with Crippen molar-refractivity contribution >= 4 is 16.8 Å². The highest BCUT2D eigenvalue weighted by Gasteiger charge is 2.27. The molecule has 0 aliphatic rings. The molecule has 4 aromatic rings. The van der Waals surface area contributed by atoms with Crippen molar-refractivity contribution in [3.05, 3.63) is 106 Å². The second-order valence-corrected chi connectivity index (χ2v) is 10.2. The predicted octanol–water partition coefficient (Wildman–Crippen LogP) is 5.34. The van der Waals surface area contributed by atoms with Gasteiger partial charge in [0.1, 0.15) is 11.6 Å². The van der Waals surface area contributed by atoms with E-state index in [-0.39, 0.29) is 17.9 Å². The molecule has 0 fully saturated rings. The minimum absolute atomic E-state index is 0.0512. The Morgan fingerprint density at radius 3 is 2.21 bits per heavy atom. The minimum atomic E-state index is -0.514. The summed E-state index contributed by atoms with van der Waals surface area (Å²) in [6.07, 6.45) is 0.241. The maximum Gasteiger partial charge on any atom is 0.266 e. The van der Waals surface area contributed by atoms with E-state index < -0.39 is 11.9 Å². The van der Waals surface area contributed by atoms with E-state index in [4.69, 9.17) is 4.98 Å². The highest BCUT2D eigenvalue weighted by Crippen LogP contribution is 2.24. The largest absolute Gasteiger partial charge is 0.331 e. The Kier molecular flexibility index (Phi) is 8.37. The summed E-state index contributed by atoms with van der Waals surface area (Å²) in [5.41, 5.74) is 2.96. The third kappa shape index (κ3) is 6.00. The first-order valence-corrected chi connectivity index (χ1v) is 13.0. The number of carbonyl (C=O) groups is 1. The van der Waals surface area contributed by atoms with Gasteiger partial charge in [0.15, 0.2) is 0 Å². The van der Waals surface area contributed by atoms with Crippen LogP contribution in [-0.4, -0.2) is 52.4 Å². The van der Waals surface area contributed by atoms with Gasteiger partial charge in [0, 0.05) is 13.1 Å². The molecular weight excluding hydrogens is 479 g/mol. The summed E-state index contributed by atoms with van der Waals surface area (Å²) < 4.78 is 15.2. The number of nitrogens with zero attached hydrogens (tertiary/aromatic N) is 4. The average molecular weight is 515 g/mol. The second-order valence-electron chi connectivity index (χ2n) is 10.2. The van der Waals surface area contributed by atoms with Gasteiger partial charge in [-0.15, -0.1) is 0 Å². The number of likely N-dealkylation sites (N-methyl/N-ethyl adjacent to an activating group) is 1. The highest BCUT2D eigenvalue weighted by atomic mass is 19.1. The van der Waals surface area contributed by atoms with Crippen molar-refractivity contribution in [2.75, 3.05) is 27.2 Å². The Hall–Kier alpha value is -3.84. The van der Waals surface area contributed by atoms with Gasteiger partial charge in [-0.3, -0.25) is 14.2 Å². The Morgan fingerprint density at radius 2 is 1.58 bits per heavy atom. The third-order valence-corrected chi connectivity index (χ3v) is 6.84. The van der Waals surface area contributed by atoms with E-state index >= 15 is 0 Å². The molecule has 0 bridgehead atoms. The van der Waals surface area contributed by atoms with Crippen molar-refractivity contribution < 1.29 is 9.18 Å². The number of hydrogen-bond donors (Lipinski definition) is 0. The first-order chi connectivity index (χ1) is 18.2. The van der Waals surface area contributed by atoms with Crippen LogP contribution >= 0.6 is 0 Å². The van der Waals surface area contributed by atoms with Crippen molar-refractivity contribution in [2.24, 2.45) is 0 Å². The summed E-state index contributed by atoms with van der Waals surface area (Å²) in [6, 6.07) is 20.5. The lowest BCUT2D eigenvalue weighted by Gasteiger charge is -2.31. The molecule has 1 unspecified atom stereocenters. The number of benzene rings is 3. The predicted molar refractivity (Wildman–Crippen MR) is 150 cm³/mol. The van der Waals surface area contributed by atoms with Crippen molar-refractivity contribution in [3.63, 3.8) is 0 Å². The summed E-state index contributed by atoms with van der Waals surface area (Å²) in [4.78, 5) is 36.1. The average Bonchev–Trinajstić information content (AvgIpc) is 2.89. The molecule has 0 saturated heterocycles. The summed E-state index contributed by atoms with van der Waals surface area (Å²) in [6.45, 7) is 7.29.